The van der Waals surface area contributed by atoms with Crippen molar-refractivity contribution >= 4 is 18.0 Å². The zero-order valence-corrected chi connectivity index (χ0v) is 14.3. The molecule has 0 aliphatic carbocycles. The van der Waals surface area contributed by atoms with Crippen molar-refractivity contribution in [3.63, 3.8) is 0 Å². The lowest BCUT2D eigenvalue weighted by molar-refractivity contribution is 0.0600. The molecule has 0 aliphatic heterocycles. The molecule has 0 atom stereocenters. The summed E-state index contributed by atoms with van der Waals surface area (Å²) in [6.07, 6.45) is 3.55. The Labute approximate surface area is 147 Å². The van der Waals surface area contributed by atoms with Crippen LogP contribution in [0.5, 0.6) is 0 Å². The van der Waals surface area contributed by atoms with Crippen molar-refractivity contribution in [1.82, 2.24) is 5.32 Å². The third-order valence-electron chi connectivity index (χ3n) is 3.52. The van der Waals surface area contributed by atoms with Crippen molar-refractivity contribution in [2.75, 3.05) is 13.7 Å². The monoisotopic (exact) mass is 339 g/mol. The molecule has 0 radical (unpaired) electrons. The molecule has 0 aliphatic rings. The average molecular weight is 339 g/mol. The third-order valence-corrected chi connectivity index (χ3v) is 3.52. The first-order chi connectivity index (χ1) is 12.1. The number of carbonyl (C=O) groups is 2. The number of hydrogen-bond donors (Lipinski definition) is 1. The van der Waals surface area contributed by atoms with E-state index in [0.29, 0.717) is 24.3 Å². The highest BCUT2D eigenvalue weighted by Crippen LogP contribution is 2.08. The first-order valence-electron chi connectivity index (χ1n) is 7.97. The zero-order valence-electron chi connectivity index (χ0n) is 14.3. The van der Waals surface area contributed by atoms with E-state index in [1.54, 1.807) is 30.5 Å². The Hall–Kier alpha value is -3.08. The molecule has 2 aromatic rings. The fourth-order valence-electron chi connectivity index (χ4n) is 2.13. The topological polar surface area (TPSA) is 64.6 Å². The second kappa shape index (κ2) is 9.27. The van der Waals surface area contributed by atoms with Crippen LogP contribution in [0.4, 0.5) is 0 Å². The van der Waals surface area contributed by atoms with Gasteiger partial charge in [0.2, 0.25) is 0 Å². The van der Waals surface area contributed by atoms with Crippen molar-refractivity contribution in [3.05, 3.63) is 77.0 Å². The first kappa shape index (κ1) is 18.3. The number of methoxy groups -OCH3 is 1. The fraction of sp³-hybridized carbons (Fsp3) is 0.200. The Kier molecular flexibility index (Phi) is 6.77. The Morgan fingerprint density at radius 2 is 1.64 bits per heavy atom. The molecule has 5 heteroatoms. The van der Waals surface area contributed by atoms with Crippen LogP contribution in [0.2, 0.25) is 0 Å². The summed E-state index contributed by atoms with van der Waals surface area (Å²) in [5.74, 6) is -0.623. The Morgan fingerprint density at radius 1 is 1.00 bits per heavy atom. The van der Waals surface area contributed by atoms with Gasteiger partial charge in [0.25, 0.3) is 5.91 Å². The molecule has 0 spiro atoms. The van der Waals surface area contributed by atoms with E-state index in [-0.39, 0.29) is 5.91 Å². The molecule has 5 nitrogen and oxygen atoms in total. The van der Waals surface area contributed by atoms with Crippen LogP contribution in [-0.4, -0.2) is 25.6 Å². The van der Waals surface area contributed by atoms with Gasteiger partial charge in [0.05, 0.1) is 25.5 Å². The molecule has 0 unspecified atom stereocenters. The van der Waals surface area contributed by atoms with Crippen LogP contribution in [-0.2, 0) is 16.0 Å². The Balaban J connectivity index is 1.90. The number of rotatable bonds is 7. The molecular weight excluding hydrogens is 318 g/mol. The lowest BCUT2D eigenvalue weighted by Crippen LogP contribution is -2.22. The van der Waals surface area contributed by atoms with Gasteiger partial charge in [-0.15, -0.1) is 0 Å². The van der Waals surface area contributed by atoms with Gasteiger partial charge in [-0.1, -0.05) is 24.3 Å². The summed E-state index contributed by atoms with van der Waals surface area (Å²) in [5, 5.41) is 2.85. The molecule has 2 aromatic carbocycles. The average Bonchev–Trinajstić information content (AvgIpc) is 2.66. The van der Waals surface area contributed by atoms with Gasteiger partial charge in [-0.25, -0.2) is 4.79 Å². The van der Waals surface area contributed by atoms with Crippen LogP contribution in [0.25, 0.3) is 6.08 Å². The number of benzene rings is 2. The molecular formula is C20H21NO4. The number of ether oxygens (including phenoxy) is 2. The number of nitrogens with one attached hydrogen (secondary N) is 1. The standard InChI is InChI=1S/C20H21NO4/c1-3-25-13-12-15-4-6-16(7-5-15)14-21-19(22)17-8-10-18(11-9-17)20(23)24-2/h4-13H,3,14H2,1-2H3,(H,21,22). The molecule has 0 saturated heterocycles. The molecule has 0 fully saturated rings. The van der Waals surface area contributed by atoms with E-state index >= 15 is 0 Å². The van der Waals surface area contributed by atoms with Gasteiger partial charge in [-0.3, -0.25) is 4.79 Å². The van der Waals surface area contributed by atoms with E-state index in [1.165, 1.54) is 7.11 Å². The smallest absolute Gasteiger partial charge is 0.337 e. The van der Waals surface area contributed by atoms with Gasteiger partial charge < -0.3 is 14.8 Å². The van der Waals surface area contributed by atoms with Gasteiger partial charge in [0.1, 0.15) is 0 Å². The van der Waals surface area contributed by atoms with Crippen molar-refractivity contribution in [2.24, 2.45) is 0 Å². The molecule has 0 saturated carbocycles. The summed E-state index contributed by atoms with van der Waals surface area (Å²) in [7, 11) is 1.32. The summed E-state index contributed by atoms with van der Waals surface area (Å²) < 4.78 is 9.79. The predicted molar refractivity (Wildman–Crippen MR) is 96.1 cm³/mol. The van der Waals surface area contributed by atoms with Crippen LogP contribution in [0.15, 0.2) is 54.8 Å². The summed E-state index contributed by atoms with van der Waals surface area (Å²) in [5.41, 5.74) is 2.92. The van der Waals surface area contributed by atoms with Gasteiger partial charge in [-0.05, 0) is 48.4 Å². The molecule has 25 heavy (non-hydrogen) atoms. The quantitative estimate of drug-likeness (QED) is 0.620. The summed E-state index contributed by atoms with van der Waals surface area (Å²) in [6, 6.07) is 14.2. The van der Waals surface area contributed by atoms with Crippen molar-refractivity contribution in [2.45, 2.75) is 13.5 Å². The van der Waals surface area contributed by atoms with E-state index in [9.17, 15) is 9.59 Å². The highest BCUT2D eigenvalue weighted by Gasteiger charge is 2.08. The van der Waals surface area contributed by atoms with E-state index < -0.39 is 5.97 Å². The largest absolute Gasteiger partial charge is 0.501 e. The molecule has 0 heterocycles. The summed E-state index contributed by atoms with van der Waals surface area (Å²) >= 11 is 0. The van der Waals surface area contributed by atoms with Crippen LogP contribution in [0.1, 0.15) is 38.8 Å². The first-order valence-corrected chi connectivity index (χ1v) is 7.97. The Morgan fingerprint density at radius 3 is 2.24 bits per heavy atom. The van der Waals surface area contributed by atoms with Crippen LogP contribution < -0.4 is 5.32 Å². The van der Waals surface area contributed by atoms with Crippen LogP contribution in [0, 0.1) is 0 Å². The molecule has 130 valence electrons. The summed E-state index contributed by atoms with van der Waals surface area (Å²) in [4.78, 5) is 23.5. The van der Waals surface area contributed by atoms with Gasteiger partial charge in [-0.2, -0.15) is 0 Å². The van der Waals surface area contributed by atoms with E-state index in [0.717, 1.165) is 11.1 Å². The second-order valence-corrected chi connectivity index (χ2v) is 5.25. The molecule has 0 aromatic heterocycles. The number of carbonyl (C=O) groups excluding carboxylic acids is 2. The van der Waals surface area contributed by atoms with Gasteiger partial charge in [0.15, 0.2) is 0 Å². The zero-order chi connectivity index (χ0) is 18.1. The maximum atomic E-state index is 12.2. The number of esters is 1. The second-order valence-electron chi connectivity index (χ2n) is 5.25. The highest BCUT2D eigenvalue weighted by molar-refractivity contribution is 5.96. The maximum absolute atomic E-state index is 12.2. The predicted octanol–water partition coefficient (Wildman–Crippen LogP) is 3.41. The molecule has 1 amide bonds. The van der Waals surface area contributed by atoms with E-state index in [1.807, 2.05) is 37.3 Å². The SMILES string of the molecule is CCOC=Cc1ccc(CNC(=O)c2ccc(C(=O)OC)cc2)cc1. The number of hydrogen-bond acceptors (Lipinski definition) is 4. The molecule has 1 N–H and O–H groups in total. The van der Waals surface area contributed by atoms with Crippen LogP contribution >= 0.6 is 0 Å². The van der Waals surface area contributed by atoms with Crippen molar-refractivity contribution < 1.29 is 19.1 Å². The lowest BCUT2D eigenvalue weighted by Gasteiger charge is -2.06. The van der Waals surface area contributed by atoms with Crippen LogP contribution in [0.3, 0.4) is 0 Å². The van der Waals surface area contributed by atoms with Gasteiger partial charge in [0, 0.05) is 12.1 Å². The van der Waals surface area contributed by atoms with Crippen molar-refractivity contribution in [3.8, 4) is 0 Å². The molecule has 2 rings (SSSR count). The van der Waals surface area contributed by atoms with Crippen molar-refractivity contribution in [1.29, 1.82) is 0 Å². The normalized spacial score (nSPS) is 10.5. The fourth-order valence-corrected chi connectivity index (χ4v) is 2.13. The minimum absolute atomic E-state index is 0.197. The van der Waals surface area contributed by atoms with E-state index in [4.69, 9.17) is 4.74 Å². The Bertz CT molecular complexity index is 733. The number of amides is 1. The lowest BCUT2D eigenvalue weighted by atomic mass is 10.1. The molecule has 0 bridgehead atoms. The minimum Gasteiger partial charge on any atom is -0.501 e. The van der Waals surface area contributed by atoms with Gasteiger partial charge >= 0.3 is 5.97 Å². The highest BCUT2D eigenvalue weighted by atomic mass is 16.5. The van der Waals surface area contributed by atoms with E-state index in [2.05, 4.69) is 10.1 Å². The summed E-state index contributed by atoms with van der Waals surface area (Å²) in [6.45, 7) is 2.99. The maximum Gasteiger partial charge on any atom is 0.337 e. The third kappa shape index (κ3) is 5.49. The minimum atomic E-state index is -0.426.